The van der Waals surface area contributed by atoms with Crippen LogP contribution in [0.5, 0.6) is 5.75 Å². The fourth-order valence-corrected chi connectivity index (χ4v) is 5.43. The van der Waals surface area contributed by atoms with Crippen LogP contribution in [0.1, 0.15) is 39.5 Å². The van der Waals surface area contributed by atoms with Crippen molar-refractivity contribution in [3.05, 3.63) is 70.5 Å². The van der Waals surface area contributed by atoms with Crippen molar-refractivity contribution in [1.82, 2.24) is 13.9 Å². The van der Waals surface area contributed by atoms with Crippen LogP contribution in [0.3, 0.4) is 0 Å². The quantitative estimate of drug-likeness (QED) is 0.301. The second-order valence-electron chi connectivity index (χ2n) is 10.0. The van der Waals surface area contributed by atoms with Crippen LogP contribution in [0.2, 0.25) is 0 Å². The second kappa shape index (κ2) is 10.8. The van der Waals surface area contributed by atoms with Gasteiger partial charge in [-0.05, 0) is 79.4 Å². The molecule has 36 heavy (non-hydrogen) atoms. The van der Waals surface area contributed by atoms with Crippen LogP contribution in [0.4, 0.5) is 10.1 Å². The zero-order valence-corrected chi connectivity index (χ0v) is 21.4. The first-order valence-corrected chi connectivity index (χ1v) is 13.4. The topological polar surface area (TPSA) is 69.0 Å². The predicted octanol–water partition coefficient (Wildman–Crippen LogP) is 6.36. The van der Waals surface area contributed by atoms with E-state index in [9.17, 15) is 9.18 Å². The number of halogens is 1. The lowest BCUT2D eigenvalue weighted by Gasteiger charge is -2.29. The number of pyridine rings is 2. The summed E-state index contributed by atoms with van der Waals surface area (Å²) in [7, 11) is 0. The number of hydrogen-bond acceptors (Lipinski definition) is 6. The molecule has 0 spiro atoms. The van der Waals surface area contributed by atoms with Crippen molar-refractivity contribution >= 4 is 28.1 Å². The molecule has 0 amide bonds. The average molecular weight is 507 g/mol. The summed E-state index contributed by atoms with van der Waals surface area (Å²) in [5.41, 5.74) is 3.43. The second-order valence-corrected chi connectivity index (χ2v) is 10.7. The number of hydrogen-bond donors (Lipinski definition) is 1. The van der Waals surface area contributed by atoms with Gasteiger partial charge in [-0.15, -0.1) is 0 Å². The van der Waals surface area contributed by atoms with E-state index in [1.54, 1.807) is 12.3 Å². The smallest absolute Gasteiger partial charge is 0.273 e. The Labute approximate surface area is 214 Å². The van der Waals surface area contributed by atoms with Crippen molar-refractivity contribution in [2.24, 2.45) is 11.8 Å². The number of nitrogens with one attached hydrogen (secondary N) is 1. The normalized spacial score (nSPS) is 18.0. The van der Waals surface area contributed by atoms with Gasteiger partial charge in [-0.25, -0.2) is 8.76 Å². The first-order chi connectivity index (χ1) is 17.5. The Hall–Kier alpha value is -3.26. The molecule has 1 aliphatic carbocycles. The molecule has 3 aromatic heterocycles. The number of anilines is 1. The van der Waals surface area contributed by atoms with E-state index in [4.69, 9.17) is 4.74 Å². The average Bonchev–Trinajstić information content (AvgIpc) is 3.41. The lowest BCUT2D eigenvalue weighted by Crippen LogP contribution is -2.30. The summed E-state index contributed by atoms with van der Waals surface area (Å²) >= 11 is 1.41. The summed E-state index contributed by atoms with van der Waals surface area (Å²) in [5.74, 6) is 1.23. The summed E-state index contributed by atoms with van der Waals surface area (Å²) < 4.78 is 26.1. The van der Waals surface area contributed by atoms with Crippen LogP contribution in [0, 0.1) is 17.7 Å². The maximum absolute atomic E-state index is 13.8. The molecule has 0 bridgehead atoms. The minimum absolute atomic E-state index is 0.0180. The van der Waals surface area contributed by atoms with Gasteiger partial charge >= 0.3 is 0 Å². The van der Waals surface area contributed by atoms with Crippen LogP contribution in [0.25, 0.3) is 22.0 Å². The highest BCUT2D eigenvalue weighted by Gasteiger charge is 2.23. The number of nitrogens with zero attached hydrogens (tertiary/aromatic N) is 3. The first kappa shape index (κ1) is 24.4. The van der Waals surface area contributed by atoms with Gasteiger partial charge < -0.3 is 14.6 Å². The first-order valence-electron chi connectivity index (χ1n) is 12.6. The van der Waals surface area contributed by atoms with Crippen LogP contribution in [-0.2, 0) is 6.54 Å². The van der Waals surface area contributed by atoms with Gasteiger partial charge in [-0.2, -0.15) is 0 Å². The molecule has 4 aromatic rings. The Kier molecular flexibility index (Phi) is 7.32. The Morgan fingerprint density at radius 3 is 2.75 bits per heavy atom. The molecule has 8 heteroatoms. The van der Waals surface area contributed by atoms with Gasteiger partial charge in [0.2, 0.25) is 0 Å². The van der Waals surface area contributed by atoms with Gasteiger partial charge in [-0.1, -0.05) is 13.8 Å². The Morgan fingerprint density at radius 2 is 2.00 bits per heavy atom. The molecule has 5 rings (SSSR count). The van der Waals surface area contributed by atoms with Crippen LogP contribution in [0.15, 0.2) is 59.1 Å². The van der Waals surface area contributed by atoms with E-state index >= 15 is 0 Å². The van der Waals surface area contributed by atoms with Gasteiger partial charge in [0.05, 0.1) is 11.6 Å². The van der Waals surface area contributed by atoms with Crippen LogP contribution < -0.4 is 15.6 Å². The van der Waals surface area contributed by atoms with Crippen molar-refractivity contribution < 1.29 is 9.13 Å². The highest BCUT2D eigenvalue weighted by atomic mass is 32.1. The van der Waals surface area contributed by atoms with Crippen LogP contribution in [-0.4, -0.2) is 26.6 Å². The Morgan fingerprint density at radius 1 is 1.17 bits per heavy atom. The number of ether oxygens (including phenoxy) is 1. The molecule has 1 aliphatic rings. The van der Waals surface area contributed by atoms with E-state index in [0.29, 0.717) is 35.2 Å². The van der Waals surface area contributed by atoms with E-state index in [2.05, 4.69) is 28.5 Å². The SMILES string of the molecule is CC(C)Cn1cc(-c2cnsc2)cc(NCC2CCC(Oc3ccnc4ccc(F)cc34)CC2)c1=O. The molecule has 1 saturated carbocycles. The molecule has 188 valence electrons. The van der Waals surface area contributed by atoms with Crippen molar-refractivity contribution in [1.29, 1.82) is 0 Å². The molecule has 0 radical (unpaired) electrons. The number of fused-ring (bicyclic) bond motifs is 1. The largest absolute Gasteiger partial charge is 0.490 e. The fourth-order valence-electron chi connectivity index (χ4n) is 4.88. The molecule has 1 fully saturated rings. The minimum Gasteiger partial charge on any atom is -0.490 e. The molecule has 1 N–H and O–H groups in total. The van der Waals surface area contributed by atoms with Crippen molar-refractivity contribution in [3.63, 3.8) is 0 Å². The zero-order valence-electron chi connectivity index (χ0n) is 20.6. The summed E-state index contributed by atoms with van der Waals surface area (Å²) in [6, 6.07) is 8.35. The summed E-state index contributed by atoms with van der Waals surface area (Å²) in [5, 5.41) is 6.17. The number of aromatic nitrogens is 3. The molecule has 0 saturated heterocycles. The van der Waals surface area contributed by atoms with Gasteiger partial charge in [0, 0.05) is 53.6 Å². The molecular weight excluding hydrogens is 475 g/mol. The molecule has 0 atom stereocenters. The zero-order chi connectivity index (χ0) is 25.1. The maximum Gasteiger partial charge on any atom is 0.273 e. The number of rotatable bonds is 8. The molecule has 0 unspecified atom stereocenters. The standard InChI is InChI=1S/C28H31FN4O2S/c1-18(2)15-33-16-20(21-14-32-36-17-21)11-26(28(33)34)31-13-19-3-6-23(7-4-19)35-27-9-10-30-25-8-5-22(29)12-24(25)27/h5,8-12,14,16-19,23,31H,3-4,6-7,13,15H2,1-2H3. The summed E-state index contributed by atoms with van der Waals surface area (Å²) in [6.07, 6.45) is 9.43. The molecule has 3 heterocycles. The molecule has 0 aliphatic heterocycles. The minimum atomic E-state index is -0.290. The summed E-state index contributed by atoms with van der Waals surface area (Å²) in [6.45, 7) is 5.65. The van der Waals surface area contributed by atoms with E-state index in [0.717, 1.165) is 48.9 Å². The Balaban J connectivity index is 1.23. The van der Waals surface area contributed by atoms with E-state index < -0.39 is 0 Å². The van der Waals surface area contributed by atoms with E-state index in [1.807, 2.05) is 34.5 Å². The van der Waals surface area contributed by atoms with Gasteiger partial charge in [-0.3, -0.25) is 9.78 Å². The lowest BCUT2D eigenvalue weighted by molar-refractivity contribution is 0.135. The van der Waals surface area contributed by atoms with Gasteiger partial charge in [0.25, 0.3) is 5.56 Å². The molecule has 6 nitrogen and oxygen atoms in total. The van der Waals surface area contributed by atoms with Crippen LogP contribution >= 0.6 is 11.5 Å². The third-order valence-electron chi connectivity index (χ3n) is 6.75. The molecular formula is C28H31FN4O2S. The predicted molar refractivity (Wildman–Crippen MR) is 143 cm³/mol. The Bertz CT molecular complexity index is 1380. The maximum atomic E-state index is 13.8. The third kappa shape index (κ3) is 5.59. The lowest BCUT2D eigenvalue weighted by atomic mass is 9.87. The van der Waals surface area contributed by atoms with E-state index in [-0.39, 0.29) is 17.5 Å². The van der Waals surface area contributed by atoms with Crippen molar-refractivity contribution in [2.45, 2.75) is 52.2 Å². The van der Waals surface area contributed by atoms with E-state index in [1.165, 1.54) is 23.7 Å². The monoisotopic (exact) mass is 506 g/mol. The highest BCUT2D eigenvalue weighted by Crippen LogP contribution is 2.31. The van der Waals surface area contributed by atoms with Crippen molar-refractivity contribution in [3.8, 4) is 16.9 Å². The molecule has 1 aromatic carbocycles. The summed E-state index contributed by atoms with van der Waals surface area (Å²) in [4.78, 5) is 17.4. The fraction of sp³-hybridized carbons (Fsp3) is 0.393. The van der Waals surface area contributed by atoms with Gasteiger partial charge in [0.15, 0.2) is 0 Å². The van der Waals surface area contributed by atoms with Gasteiger partial charge in [0.1, 0.15) is 17.3 Å². The van der Waals surface area contributed by atoms with Crippen molar-refractivity contribution in [2.75, 3.05) is 11.9 Å². The number of benzene rings is 1. The third-order valence-corrected chi connectivity index (χ3v) is 7.33. The highest BCUT2D eigenvalue weighted by molar-refractivity contribution is 7.03.